The number of hydrogen-bond acceptors (Lipinski definition) is 3. The van der Waals surface area contributed by atoms with Crippen molar-refractivity contribution in [1.29, 1.82) is 0 Å². The highest BCUT2D eigenvalue weighted by molar-refractivity contribution is 5.91. The van der Waals surface area contributed by atoms with Crippen LogP contribution in [-0.4, -0.2) is 19.6 Å². The van der Waals surface area contributed by atoms with E-state index in [0.29, 0.717) is 5.56 Å². The van der Waals surface area contributed by atoms with Crippen molar-refractivity contribution in [3.63, 3.8) is 0 Å². The minimum atomic E-state index is -0.266. The normalized spacial score (nSPS) is 11.9. The van der Waals surface area contributed by atoms with Crippen LogP contribution in [0.1, 0.15) is 34.5 Å². The standard InChI is InChI=1S/C18H21NO2/c1-14(15-8-4-3-5-9-15)21-18(20)17-11-7-6-10-16(17)12-13-19-2/h3-11,14,19H,12-13H2,1-2H3. The van der Waals surface area contributed by atoms with Crippen molar-refractivity contribution >= 4 is 5.97 Å². The van der Waals surface area contributed by atoms with E-state index in [4.69, 9.17) is 4.74 Å². The number of likely N-dealkylation sites (N-methyl/N-ethyl adjacent to an activating group) is 1. The molecule has 2 aromatic rings. The van der Waals surface area contributed by atoms with Gasteiger partial charge in [-0.25, -0.2) is 4.79 Å². The molecule has 0 saturated heterocycles. The molecule has 0 heterocycles. The van der Waals surface area contributed by atoms with Crippen molar-refractivity contribution in [3.8, 4) is 0 Å². The lowest BCUT2D eigenvalue weighted by atomic mass is 10.0. The summed E-state index contributed by atoms with van der Waals surface area (Å²) in [7, 11) is 1.90. The minimum Gasteiger partial charge on any atom is -0.454 e. The summed E-state index contributed by atoms with van der Waals surface area (Å²) in [5.41, 5.74) is 2.66. The van der Waals surface area contributed by atoms with Crippen LogP contribution in [0.3, 0.4) is 0 Å². The molecular weight excluding hydrogens is 262 g/mol. The van der Waals surface area contributed by atoms with Crippen LogP contribution in [0.5, 0.6) is 0 Å². The number of esters is 1. The Labute approximate surface area is 126 Å². The first kappa shape index (κ1) is 15.3. The minimum absolute atomic E-state index is 0.254. The smallest absolute Gasteiger partial charge is 0.339 e. The Hall–Kier alpha value is -2.13. The Morgan fingerprint density at radius 3 is 2.48 bits per heavy atom. The number of carbonyl (C=O) groups is 1. The van der Waals surface area contributed by atoms with Gasteiger partial charge in [0.25, 0.3) is 0 Å². The summed E-state index contributed by atoms with van der Waals surface area (Å²) < 4.78 is 5.58. The van der Waals surface area contributed by atoms with E-state index < -0.39 is 0 Å². The highest BCUT2D eigenvalue weighted by Crippen LogP contribution is 2.19. The Balaban J connectivity index is 2.10. The number of rotatable bonds is 6. The van der Waals surface area contributed by atoms with Crippen molar-refractivity contribution in [2.24, 2.45) is 0 Å². The highest BCUT2D eigenvalue weighted by Gasteiger charge is 2.16. The van der Waals surface area contributed by atoms with E-state index in [1.54, 1.807) is 0 Å². The fraction of sp³-hybridized carbons (Fsp3) is 0.278. The Morgan fingerprint density at radius 2 is 1.76 bits per heavy atom. The quantitative estimate of drug-likeness (QED) is 0.826. The maximum atomic E-state index is 12.4. The van der Waals surface area contributed by atoms with Crippen LogP contribution in [0, 0.1) is 0 Å². The van der Waals surface area contributed by atoms with Crippen LogP contribution in [0.2, 0.25) is 0 Å². The molecule has 3 nitrogen and oxygen atoms in total. The Kier molecular flexibility index (Phi) is 5.52. The summed E-state index contributed by atoms with van der Waals surface area (Å²) >= 11 is 0. The molecule has 0 amide bonds. The fourth-order valence-corrected chi connectivity index (χ4v) is 2.21. The summed E-state index contributed by atoms with van der Waals surface area (Å²) in [5.74, 6) is -0.266. The molecule has 1 atom stereocenters. The van der Waals surface area contributed by atoms with Crippen LogP contribution in [0.25, 0.3) is 0 Å². The van der Waals surface area contributed by atoms with Gasteiger partial charge in [-0.15, -0.1) is 0 Å². The van der Waals surface area contributed by atoms with E-state index in [1.807, 2.05) is 68.6 Å². The van der Waals surface area contributed by atoms with E-state index in [2.05, 4.69) is 5.32 Å². The zero-order valence-electron chi connectivity index (χ0n) is 12.5. The number of ether oxygens (including phenoxy) is 1. The van der Waals surface area contributed by atoms with Crippen molar-refractivity contribution in [2.45, 2.75) is 19.4 Å². The third-order valence-corrected chi connectivity index (χ3v) is 3.43. The molecule has 110 valence electrons. The first-order valence-electron chi connectivity index (χ1n) is 7.21. The molecule has 1 N–H and O–H groups in total. The van der Waals surface area contributed by atoms with Crippen LogP contribution in [-0.2, 0) is 11.2 Å². The predicted molar refractivity (Wildman–Crippen MR) is 84.3 cm³/mol. The zero-order chi connectivity index (χ0) is 15.1. The molecule has 1 unspecified atom stereocenters. The van der Waals surface area contributed by atoms with E-state index in [1.165, 1.54) is 0 Å². The number of benzene rings is 2. The average molecular weight is 283 g/mol. The van der Waals surface area contributed by atoms with Crippen LogP contribution in [0.4, 0.5) is 0 Å². The lowest BCUT2D eigenvalue weighted by molar-refractivity contribution is 0.0336. The van der Waals surface area contributed by atoms with Gasteiger partial charge in [-0.3, -0.25) is 0 Å². The van der Waals surface area contributed by atoms with Crippen LogP contribution < -0.4 is 5.32 Å². The largest absolute Gasteiger partial charge is 0.454 e. The molecule has 0 spiro atoms. The maximum absolute atomic E-state index is 12.4. The third kappa shape index (κ3) is 4.17. The summed E-state index contributed by atoms with van der Waals surface area (Å²) in [5, 5.41) is 3.10. The monoisotopic (exact) mass is 283 g/mol. The molecule has 0 saturated carbocycles. The van der Waals surface area contributed by atoms with Gasteiger partial charge in [-0.05, 0) is 44.1 Å². The molecule has 0 radical (unpaired) electrons. The number of nitrogens with one attached hydrogen (secondary N) is 1. The molecule has 3 heteroatoms. The van der Waals surface area contributed by atoms with Crippen molar-refractivity contribution < 1.29 is 9.53 Å². The topological polar surface area (TPSA) is 38.3 Å². The summed E-state index contributed by atoms with van der Waals surface area (Å²) in [6, 6.07) is 17.4. The van der Waals surface area contributed by atoms with Crippen LogP contribution in [0.15, 0.2) is 54.6 Å². The number of hydrogen-bond donors (Lipinski definition) is 1. The first-order chi connectivity index (χ1) is 10.2. The van der Waals surface area contributed by atoms with Crippen molar-refractivity contribution in [3.05, 3.63) is 71.3 Å². The van der Waals surface area contributed by atoms with E-state index in [-0.39, 0.29) is 12.1 Å². The summed E-state index contributed by atoms with van der Waals surface area (Å²) in [4.78, 5) is 12.4. The van der Waals surface area contributed by atoms with Gasteiger partial charge >= 0.3 is 5.97 Å². The lowest BCUT2D eigenvalue weighted by Crippen LogP contribution is -2.15. The second-order valence-electron chi connectivity index (χ2n) is 4.97. The van der Waals surface area contributed by atoms with Gasteiger partial charge in [0.05, 0.1) is 5.56 Å². The fourth-order valence-electron chi connectivity index (χ4n) is 2.21. The molecule has 0 aliphatic carbocycles. The van der Waals surface area contributed by atoms with Gasteiger partial charge in [-0.1, -0.05) is 48.5 Å². The molecular formula is C18H21NO2. The Bertz CT molecular complexity index is 581. The second-order valence-corrected chi connectivity index (χ2v) is 4.97. The SMILES string of the molecule is CNCCc1ccccc1C(=O)OC(C)c1ccccc1. The van der Waals surface area contributed by atoms with Gasteiger partial charge in [0, 0.05) is 0 Å². The maximum Gasteiger partial charge on any atom is 0.339 e. The highest BCUT2D eigenvalue weighted by atomic mass is 16.5. The van der Waals surface area contributed by atoms with Gasteiger partial charge in [0.1, 0.15) is 6.10 Å². The average Bonchev–Trinajstić information content (AvgIpc) is 2.54. The van der Waals surface area contributed by atoms with Gasteiger partial charge in [-0.2, -0.15) is 0 Å². The molecule has 2 aromatic carbocycles. The lowest BCUT2D eigenvalue weighted by Gasteiger charge is -2.15. The molecule has 0 fully saturated rings. The van der Waals surface area contributed by atoms with Gasteiger partial charge in [0.15, 0.2) is 0 Å². The first-order valence-corrected chi connectivity index (χ1v) is 7.21. The zero-order valence-corrected chi connectivity index (χ0v) is 12.5. The third-order valence-electron chi connectivity index (χ3n) is 3.43. The van der Waals surface area contributed by atoms with E-state index in [9.17, 15) is 4.79 Å². The van der Waals surface area contributed by atoms with E-state index in [0.717, 1.165) is 24.1 Å². The molecule has 0 aromatic heterocycles. The molecule has 0 aliphatic heterocycles. The molecule has 21 heavy (non-hydrogen) atoms. The molecule has 0 aliphatic rings. The number of carbonyl (C=O) groups excluding carboxylic acids is 1. The summed E-state index contributed by atoms with van der Waals surface area (Å²) in [6.45, 7) is 2.72. The molecule has 2 rings (SSSR count). The van der Waals surface area contributed by atoms with Crippen molar-refractivity contribution in [2.75, 3.05) is 13.6 Å². The Morgan fingerprint density at radius 1 is 1.10 bits per heavy atom. The summed E-state index contributed by atoms with van der Waals surface area (Å²) in [6.07, 6.45) is 0.553. The predicted octanol–water partition coefficient (Wildman–Crippen LogP) is 3.37. The van der Waals surface area contributed by atoms with Crippen molar-refractivity contribution in [1.82, 2.24) is 5.32 Å². The van der Waals surface area contributed by atoms with E-state index >= 15 is 0 Å². The van der Waals surface area contributed by atoms with Gasteiger partial charge in [0.2, 0.25) is 0 Å². The second kappa shape index (κ2) is 7.60. The molecule has 0 bridgehead atoms. The van der Waals surface area contributed by atoms with Gasteiger partial charge < -0.3 is 10.1 Å². The van der Waals surface area contributed by atoms with Crippen LogP contribution >= 0.6 is 0 Å².